The second-order valence-corrected chi connectivity index (χ2v) is 6.13. The van der Waals surface area contributed by atoms with E-state index in [4.69, 9.17) is 11.6 Å². The summed E-state index contributed by atoms with van der Waals surface area (Å²) in [6.45, 7) is 0. The molecule has 3 nitrogen and oxygen atoms in total. The third-order valence-electron chi connectivity index (χ3n) is 2.51. The predicted molar refractivity (Wildman–Crippen MR) is 60.5 cm³/mol. The van der Waals surface area contributed by atoms with Crippen molar-refractivity contribution in [3.63, 3.8) is 0 Å². The van der Waals surface area contributed by atoms with Crippen molar-refractivity contribution in [3.8, 4) is 0 Å². The van der Waals surface area contributed by atoms with Gasteiger partial charge in [-0.25, -0.2) is 13.1 Å². The molecule has 0 bridgehead atoms. The van der Waals surface area contributed by atoms with Crippen LogP contribution in [0.5, 0.6) is 0 Å². The summed E-state index contributed by atoms with van der Waals surface area (Å²) in [5.74, 6) is 0. The first-order valence-electron chi connectivity index (χ1n) is 4.66. The average molecular weight is 246 g/mol. The van der Waals surface area contributed by atoms with Crippen molar-refractivity contribution in [1.82, 2.24) is 4.72 Å². The second-order valence-electron chi connectivity index (χ2n) is 3.79. The molecule has 2 unspecified atom stereocenters. The van der Waals surface area contributed by atoms with E-state index in [1.165, 1.54) is 0 Å². The molecule has 1 aliphatic rings. The van der Waals surface area contributed by atoms with Crippen molar-refractivity contribution >= 4 is 21.6 Å². The van der Waals surface area contributed by atoms with Crippen LogP contribution in [0.4, 0.5) is 0 Å². The van der Waals surface area contributed by atoms with Crippen LogP contribution < -0.4 is 4.72 Å². The highest BCUT2D eigenvalue weighted by molar-refractivity contribution is 7.88. The van der Waals surface area contributed by atoms with Gasteiger partial charge in [0.2, 0.25) is 10.0 Å². The number of alkyl halides is 1. The molecule has 82 valence electrons. The van der Waals surface area contributed by atoms with Gasteiger partial charge in [0.1, 0.15) is 0 Å². The van der Waals surface area contributed by atoms with E-state index in [0.29, 0.717) is 6.42 Å². The van der Waals surface area contributed by atoms with Gasteiger partial charge in [-0.05, 0) is 17.5 Å². The molecular formula is C10H12ClNO2S. The Bertz CT molecular complexity index is 472. The zero-order valence-electron chi connectivity index (χ0n) is 8.27. The lowest BCUT2D eigenvalue weighted by atomic mass is 10.1. The lowest BCUT2D eigenvalue weighted by molar-refractivity contribution is 0.562. The number of nitrogens with one attached hydrogen (secondary N) is 1. The van der Waals surface area contributed by atoms with E-state index in [-0.39, 0.29) is 11.4 Å². The van der Waals surface area contributed by atoms with Gasteiger partial charge < -0.3 is 0 Å². The summed E-state index contributed by atoms with van der Waals surface area (Å²) in [5.41, 5.74) is 2.11. The first-order chi connectivity index (χ1) is 6.97. The van der Waals surface area contributed by atoms with E-state index >= 15 is 0 Å². The summed E-state index contributed by atoms with van der Waals surface area (Å²) >= 11 is 6.12. The first kappa shape index (κ1) is 10.9. The Morgan fingerprint density at radius 1 is 1.40 bits per heavy atom. The minimum Gasteiger partial charge on any atom is -0.213 e. The maximum Gasteiger partial charge on any atom is 0.209 e. The number of halogens is 1. The number of rotatable bonds is 2. The molecule has 15 heavy (non-hydrogen) atoms. The maximum absolute atomic E-state index is 11.2. The number of fused-ring (bicyclic) bond motifs is 1. The third kappa shape index (κ3) is 2.33. The molecule has 1 aliphatic carbocycles. The van der Waals surface area contributed by atoms with Crippen LogP contribution in [0.2, 0.25) is 0 Å². The van der Waals surface area contributed by atoms with Crippen molar-refractivity contribution in [1.29, 1.82) is 0 Å². The molecule has 0 aromatic heterocycles. The van der Waals surface area contributed by atoms with E-state index in [9.17, 15) is 8.42 Å². The maximum atomic E-state index is 11.2. The molecule has 1 aromatic rings. The molecule has 2 atom stereocenters. The number of hydrogen-bond donors (Lipinski definition) is 1. The van der Waals surface area contributed by atoms with Crippen LogP contribution in [0, 0.1) is 0 Å². The zero-order valence-corrected chi connectivity index (χ0v) is 9.85. The standard InChI is InChI=1S/C10H12ClNO2S/c1-15(13,14)12-10-8-5-3-2-4-7(8)6-9(10)11/h2-5,9-10,12H,6H2,1H3. The normalized spacial score (nSPS) is 25.2. The van der Waals surface area contributed by atoms with Crippen LogP contribution in [0.25, 0.3) is 0 Å². The number of sulfonamides is 1. The SMILES string of the molecule is CS(=O)(=O)NC1c2ccccc2CC1Cl. The molecular weight excluding hydrogens is 234 g/mol. The summed E-state index contributed by atoms with van der Waals surface area (Å²) in [7, 11) is -3.22. The van der Waals surface area contributed by atoms with Gasteiger partial charge in [0.05, 0.1) is 17.7 Å². The van der Waals surface area contributed by atoms with Gasteiger partial charge in [0.15, 0.2) is 0 Å². The van der Waals surface area contributed by atoms with Crippen LogP contribution in [0.15, 0.2) is 24.3 Å². The Labute approximate surface area is 94.5 Å². The Morgan fingerprint density at radius 2 is 2.07 bits per heavy atom. The average Bonchev–Trinajstić information content (AvgIpc) is 2.41. The van der Waals surface area contributed by atoms with Gasteiger partial charge in [-0.1, -0.05) is 24.3 Å². The van der Waals surface area contributed by atoms with E-state index in [1.54, 1.807) is 0 Å². The predicted octanol–water partition coefficient (Wildman–Crippen LogP) is 1.44. The highest BCUT2D eigenvalue weighted by Crippen LogP contribution is 2.34. The van der Waals surface area contributed by atoms with Crippen LogP contribution in [0.1, 0.15) is 17.2 Å². The monoisotopic (exact) mass is 245 g/mol. The van der Waals surface area contributed by atoms with Gasteiger partial charge in [0, 0.05) is 0 Å². The third-order valence-corrected chi connectivity index (χ3v) is 3.60. The van der Waals surface area contributed by atoms with Gasteiger partial charge in [0.25, 0.3) is 0 Å². The molecule has 0 radical (unpaired) electrons. The van der Waals surface area contributed by atoms with E-state index < -0.39 is 10.0 Å². The summed E-state index contributed by atoms with van der Waals surface area (Å²) in [6.07, 6.45) is 1.86. The van der Waals surface area contributed by atoms with Crippen molar-refractivity contribution in [2.75, 3.05) is 6.26 Å². The summed E-state index contributed by atoms with van der Waals surface area (Å²) in [4.78, 5) is 0. The van der Waals surface area contributed by atoms with Crippen LogP contribution in [0.3, 0.4) is 0 Å². The molecule has 0 heterocycles. The van der Waals surface area contributed by atoms with Crippen molar-refractivity contribution < 1.29 is 8.42 Å². The zero-order chi connectivity index (χ0) is 11.1. The quantitative estimate of drug-likeness (QED) is 0.802. The molecule has 0 spiro atoms. The minimum absolute atomic E-state index is 0.197. The molecule has 2 rings (SSSR count). The fraction of sp³-hybridized carbons (Fsp3) is 0.400. The highest BCUT2D eigenvalue weighted by atomic mass is 35.5. The second kappa shape index (κ2) is 3.77. The molecule has 1 aromatic carbocycles. The van der Waals surface area contributed by atoms with Gasteiger partial charge in [-0.3, -0.25) is 0 Å². The molecule has 5 heteroatoms. The van der Waals surface area contributed by atoms with Gasteiger partial charge in [-0.15, -0.1) is 11.6 Å². The van der Waals surface area contributed by atoms with Gasteiger partial charge >= 0.3 is 0 Å². The lowest BCUT2D eigenvalue weighted by Crippen LogP contribution is -2.30. The summed E-state index contributed by atoms with van der Waals surface area (Å²) < 4.78 is 24.9. The largest absolute Gasteiger partial charge is 0.213 e. The number of hydrogen-bond acceptors (Lipinski definition) is 2. The van der Waals surface area contributed by atoms with Crippen LogP contribution in [-0.2, 0) is 16.4 Å². The molecule has 0 aliphatic heterocycles. The molecule has 0 saturated carbocycles. The smallest absolute Gasteiger partial charge is 0.209 e. The van der Waals surface area contributed by atoms with Crippen molar-refractivity contribution in [2.24, 2.45) is 0 Å². The highest BCUT2D eigenvalue weighted by Gasteiger charge is 2.32. The Hall–Kier alpha value is -0.580. The molecule has 1 N–H and O–H groups in total. The Balaban J connectivity index is 2.34. The van der Waals surface area contributed by atoms with Crippen LogP contribution in [-0.4, -0.2) is 20.1 Å². The summed E-state index contributed by atoms with van der Waals surface area (Å²) in [6, 6.07) is 7.43. The number of benzene rings is 1. The Kier molecular flexibility index (Phi) is 2.75. The van der Waals surface area contributed by atoms with Crippen LogP contribution >= 0.6 is 11.6 Å². The van der Waals surface area contributed by atoms with Crippen molar-refractivity contribution in [2.45, 2.75) is 17.8 Å². The molecule has 0 fully saturated rings. The molecule has 0 saturated heterocycles. The van der Waals surface area contributed by atoms with E-state index in [0.717, 1.165) is 17.4 Å². The first-order valence-corrected chi connectivity index (χ1v) is 6.99. The fourth-order valence-electron chi connectivity index (χ4n) is 1.91. The van der Waals surface area contributed by atoms with E-state index in [2.05, 4.69) is 4.72 Å². The lowest BCUT2D eigenvalue weighted by Gasteiger charge is -2.15. The summed E-state index contributed by atoms with van der Waals surface area (Å²) in [5, 5.41) is -0.197. The van der Waals surface area contributed by atoms with Gasteiger partial charge in [-0.2, -0.15) is 0 Å². The van der Waals surface area contributed by atoms with E-state index in [1.807, 2.05) is 24.3 Å². The Morgan fingerprint density at radius 3 is 2.73 bits per heavy atom. The fourth-order valence-corrected chi connectivity index (χ4v) is 3.11. The van der Waals surface area contributed by atoms with Crippen molar-refractivity contribution in [3.05, 3.63) is 35.4 Å². The minimum atomic E-state index is -3.22. The molecule has 0 amide bonds. The topological polar surface area (TPSA) is 46.2 Å².